The Balaban J connectivity index is 1.22. The summed E-state index contributed by atoms with van der Waals surface area (Å²) in [5.41, 5.74) is 12.9. The summed E-state index contributed by atoms with van der Waals surface area (Å²) in [6.07, 6.45) is 0. The first kappa shape index (κ1) is 26.9. The van der Waals surface area contributed by atoms with Gasteiger partial charge in [0.05, 0.1) is 10.7 Å². The fourth-order valence-corrected chi connectivity index (χ4v) is 5.93. The number of hydrogen-bond acceptors (Lipinski definition) is 6. The fourth-order valence-electron chi connectivity index (χ4n) is 5.67. The smallest absolute Gasteiger partial charge is 0.270 e. The highest BCUT2D eigenvalue weighted by Crippen LogP contribution is 2.28. The number of piperazine rings is 2. The minimum Gasteiger partial charge on any atom is -0.368 e. The second-order valence-electron chi connectivity index (χ2n) is 10.4. The van der Waals surface area contributed by atoms with Crippen LogP contribution >= 0.6 is 11.6 Å². The van der Waals surface area contributed by atoms with Crippen molar-refractivity contribution in [2.45, 2.75) is 26.4 Å². The number of carbonyl (C=O) groups excluding carboxylic acids is 1. The highest BCUT2D eigenvalue weighted by atomic mass is 35.5. The van der Waals surface area contributed by atoms with E-state index in [1.54, 1.807) is 0 Å². The van der Waals surface area contributed by atoms with Crippen LogP contribution in [0.1, 0.15) is 28.7 Å². The second kappa shape index (κ2) is 11.6. The van der Waals surface area contributed by atoms with E-state index in [0.717, 1.165) is 73.6 Å². The molecule has 0 aliphatic carbocycles. The molecule has 10 heteroatoms. The van der Waals surface area contributed by atoms with E-state index >= 15 is 0 Å². The van der Waals surface area contributed by atoms with E-state index in [2.05, 4.69) is 50.7 Å². The first-order valence-corrected chi connectivity index (χ1v) is 13.8. The highest BCUT2D eigenvalue weighted by Gasteiger charge is 2.31. The third-order valence-electron chi connectivity index (χ3n) is 8.07. The molecule has 39 heavy (non-hydrogen) atoms. The minimum atomic E-state index is 0.0595. The maximum absolute atomic E-state index is 13.7. The number of amides is 1. The molecule has 0 bridgehead atoms. The van der Waals surface area contributed by atoms with Crippen LogP contribution in [0, 0.1) is 12.5 Å². The molecule has 0 spiro atoms. The van der Waals surface area contributed by atoms with E-state index in [-0.39, 0.29) is 11.9 Å². The zero-order chi connectivity index (χ0) is 27.5. The first-order chi connectivity index (χ1) is 18.9. The van der Waals surface area contributed by atoms with Gasteiger partial charge >= 0.3 is 0 Å². The number of carbonyl (C=O) groups is 1. The molecule has 3 heterocycles. The van der Waals surface area contributed by atoms with Crippen molar-refractivity contribution in [3.05, 3.63) is 76.6 Å². The van der Waals surface area contributed by atoms with Crippen molar-refractivity contribution in [2.75, 3.05) is 55.6 Å². The van der Waals surface area contributed by atoms with Crippen LogP contribution in [0.2, 0.25) is 5.02 Å². The predicted molar refractivity (Wildman–Crippen MR) is 155 cm³/mol. The van der Waals surface area contributed by atoms with Gasteiger partial charge in [-0.3, -0.25) is 9.69 Å². The number of aromatic nitrogens is 1. The van der Waals surface area contributed by atoms with Gasteiger partial charge in [0, 0.05) is 76.8 Å². The number of nitrogens with zero attached hydrogens (tertiary/aromatic N) is 7. The predicted octanol–water partition coefficient (Wildman–Crippen LogP) is 4.84. The molecule has 2 aromatic carbocycles. The number of benzene rings is 2. The Morgan fingerprint density at radius 3 is 2.49 bits per heavy atom. The van der Waals surface area contributed by atoms with Crippen molar-refractivity contribution in [1.82, 2.24) is 19.3 Å². The summed E-state index contributed by atoms with van der Waals surface area (Å²) in [5.74, 6) is 0.0827. The lowest BCUT2D eigenvalue weighted by molar-refractivity contribution is 0.0664. The summed E-state index contributed by atoms with van der Waals surface area (Å²) in [4.78, 5) is 25.9. The number of halogens is 1. The molecule has 1 atom stereocenters. The molecule has 1 N–H and O–H groups in total. The quantitative estimate of drug-likeness (QED) is 0.353. The second-order valence-corrected chi connectivity index (χ2v) is 10.8. The zero-order valence-electron chi connectivity index (χ0n) is 22.8. The Morgan fingerprint density at radius 1 is 1.03 bits per heavy atom. The summed E-state index contributed by atoms with van der Waals surface area (Å²) in [6.45, 7) is 10.9. The van der Waals surface area contributed by atoms with Gasteiger partial charge < -0.3 is 19.3 Å². The topological polar surface area (TPSA) is 85.3 Å². The molecule has 2 aliphatic heterocycles. The Hall–Kier alpha value is -3.65. The highest BCUT2D eigenvalue weighted by molar-refractivity contribution is 6.33. The molecular formula is C29H36ClN8O+. The van der Waals surface area contributed by atoms with Crippen LogP contribution in [0.5, 0.6) is 0 Å². The summed E-state index contributed by atoms with van der Waals surface area (Å²) < 4.78 is 2.05. The molecule has 5 rings (SSSR count). The Kier molecular flexibility index (Phi) is 8.02. The van der Waals surface area contributed by atoms with E-state index in [1.165, 1.54) is 5.56 Å². The van der Waals surface area contributed by atoms with Crippen molar-refractivity contribution in [3.63, 3.8) is 0 Å². The van der Waals surface area contributed by atoms with Crippen molar-refractivity contribution >= 4 is 34.6 Å². The zero-order valence-corrected chi connectivity index (χ0v) is 23.6. The largest absolute Gasteiger partial charge is 0.368 e. The number of hydrogen-bond donors (Lipinski definition) is 1. The maximum Gasteiger partial charge on any atom is 0.270 e. The molecule has 3 aromatic rings. The van der Waals surface area contributed by atoms with Gasteiger partial charge in [-0.15, -0.1) is 0 Å². The van der Waals surface area contributed by atoms with Crippen molar-refractivity contribution < 1.29 is 4.79 Å². The normalized spacial score (nSPS) is 18.3. The number of anilines is 2. The molecule has 1 aromatic heterocycles. The van der Waals surface area contributed by atoms with Gasteiger partial charge in [-0.2, -0.15) is 0 Å². The van der Waals surface area contributed by atoms with Crippen LogP contribution in [0.4, 0.5) is 17.1 Å². The summed E-state index contributed by atoms with van der Waals surface area (Å²) in [6, 6.07) is 17.9. The molecule has 9 nitrogen and oxygen atoms in total. The van der Waals surface area contributed by atoms with E-state index in [9.17, 15) is 4.79 Å². The molecule has 1 amide bonds. The van der Waals surface area contributed by atoms with Crippen LogP contribution in [0.15, 0.2) is 59.7 Å². The maximum atomic E-state index is 13.7. The van der Waals surface area contributed by atoms with Crippen molar-refractivity contribution in [2.24, 2.45) is 12.2 Å². The van der Waals surface area contributed by atoms with Crippen LogP contribution < -0.4 is 14.7 Å². The van der Waals surface area contributed by atoms with Crippen molar-refractivity contribution in [1.29, 1.82) is 5.53 Å². The van der Waals surface area contributed by atoms with Crippen LogP contribution in [-0.2, 0) is 13.6 Å². The third kappa shape index (κ3) is 5.71. The minimum absolute atomic E-state index is 0.0595. The summed E-state index contributed by atoms with van der Waals surface area (Å²) in [7, 11) is 1.99. The van der Waals surface area contributed by atoms with Gasteiger partial charge in [0.2, 0.25) is 4.91 Å². The lowest BCUT2D eigenvalue weighted by Crippen LogP contribution is -2.54. The summed E-state index contributed by atoms with van der Waals surface area (Å²) in [5, 5.41) is 4.63. The van der Waals surface area contributed by atoms with Gasteiger partial charge in [-0.05, 0) is 55.8 Å². The molecular weight excluding hydrogens is 512 g/mol. The van der Waals surface area contributed by atoms with E-state index in [0.29, 0.717) is 12.2 Å². The van der Waals surface area contributed by atoms with Crippen LogP contribution in [0.25, 0.3) is 0 Å². The van der Waals surface area contributed by atoms with E-state index in [1.807, 2.05) is 59.0 Å². The number of nitrogens with one attached hydrogen (secondary N) is 1. The van der Waals surface area contributed by atoms with Gasteiger partial charge in [-0.25, -0.2) is 0 Å². The molecule has 2 aliphatic rings. The lowest BCUT2D eigenvalue weighted by Gasteiger charge is -2.41. The van der Waals surface area contributed by atoms with Gasteiger partial charge in [0.15, 0.2) is 10.8 Å². The van der Waals surface area contributed by atoms with Crippen LogP contribution in [-0.4, -0.2) is 72.1 Å². The number of para-hydroxylation sites is 1. The molecule has 2 fully saturated rings. The Morgan fingerprint density at radius 2 is 1.77 bits per heavy atom. The molecule has 204 valence electrons. The number of rotatable bonds is 6. The first-order valence-electron chi connectivity index (χ1n) is 13.5. The molecule has 0 saturated carbocycles. The van der Waals surface area contributed by atoms with Crippen LogP contribution in [0.3, 0.4) is 0 Å². The lowest BCUT2D eigenvalue weighted by atomic mass is 10.1. The third-order valence-corrected chi connectivity index (χ3v) is 8.39. The van der Waals surface area contributed by atoms with E-state index in [4.69, 9.17) is 17.1 Å². The van der Waals surface area contributed by atoms with Gasteiger partial charge in [-0.1, -0.05) is 29.8 Å². The van der Waals surface area contributed by atoms with Gasteiger partial charge in [0.1, 0.15) is 11.2 Å². The van der Waals surface area contributed by atoms with Crippen molar-refractivity contribution in [3.8, 4) is 0 Å². The molecule has 0 unspecified atom stereocenters. The monoisotopic (exact) mass is 547 g/mol. The standard InChI is InChI=1S/C29H36ClN8O/c1-21-19-37(25-8-6-7-24(18-25)32-33-31)15-16-38(21)29(39)28-17-23(22(2)34(28)3)20-35-11-13-36(14-12-35)27-10-5-4-9-26(27)30/h4-10,17-18,21,31H,11-16,19-20H2,1-3H3/q+1/t21-/m0/s1. The average Bonchev–Trinajstić information content (AvgIpc) is 3.22. The Labute approximate surface area is 234 Å². The van der Waals surface area contributed by atoms with Gasteiger partial charge in [0.25, 0.3) is 5.91 Å². The molecule has 2 saturated heterocycles. The molecule has 0 radical (unpaired) electrons. The van der Waals surface area contributed by atoms with E-state index < -0.39 is 0 Å². The Bertz CT molecular complexity index is 1390. The SMILES string of the molecule is Cc1c(CN2CCN(c3ccccc3Cl)CC2)cc(C(=O)N2CCN(c3cccc(N=[N+]=N)c3)C[C@@H]2C)n1C. The average molecular weight is 548 g/mol. The summed E-state index contributed by atoms with van der Waals surface area (Å²) >= 11 is 6.42. The fraction of sp³-hybridized carbons (Fsp3) is 0.414.